The van der Waals surface area contributed by atoms with Gasteiger partial charge in [-0.15, -0.1) is 0 Å². The molecule has 0 fully saturated rings. The van der Waals surface area contributed by atoms with Crippen LogP contribution in [0.25, 0.3) is 0 Å². The molecule has 1 heterocycles. The third-order valence-corrected chi connectivity index (χ3v) is 6.69. The van der Waals surface area contributed by atoms with Crippen molar-refractivity contribution in [1.29, 1.82) is 0 Å². The van der Waals surface area contributed by atoms with E-state index in [-0.39, 0.29) is 17.0 Å². The number of halogens is 1. The zero-order valence-corrected chi connectivity index (χ0v) is 19.8. The van der Waals surface area contributed by atoms with Gasteiger partial charge in [-0.1, -0.05) is 51.0 Å². The van der Waals surface area contributed by atoms with Crippen LogP contribution < -0.4 is 21.5 Å². The maximum Gasteiger partial charge on any atom is 0.330 e. The number of nitrogens with zero attached hydrogens (tertiary/aromatic N) is 1. The first kappa shape index (κ1) is 26.8. The fourth-order valence-corrected chi connectivity index (χ4v) is 4.89. The summed E-state index contributed by atoms with van der Waals surface area (Å²) in [6, 6.07) is 6.24. The van der Waals surface area contributed by atoms with Gasteiger partial charge in [0.2, 0.25) is 0 Å². The first-order valence-corrected chi connectivity index (χ1v) is 12.2. The fourth-order valence-electron chi connectivity index (χ4n) is 3.16. The van der Waals surface area contributed by atoms with Gasteiger partial charge in [-0.2, -0.15) is 0 Å². The van der Waals surface area contributed by atoms with E-state index in [1.54, 1.807) is 0 Å². The SMILES string of the molecule is CCOP(=O)(CCCCCCCCCCCC[n+]1ccccc1)OCC.[Br-]. The Hall–Kier alpha value is -0.220. The first-order chi connectivity index (χ1) is 12.7. The zero-order valence-electron chi connectivity index (χ0n) is 17.3. The van der Waals surface area contributed by atoms with E-state index in [1.165, 1.54) is 51.4 Å². The monoisotopic (exact) mass is 463 g/mol. The number of pyridine rings is 1. The van der Waals surface area contributed by atoms with Gasteiger partial charge in [0.1, 0.15) is 6.54 Å². The largest absolute Gasteiger partial charge is 1.00 e. The molecule has 0 aliphatic heterocycles. The summed E-state index contributed by atoms with van der Waals surface area (Å²) in [5, 5.41) is 0. The summed E-state index contributed by atoms with van der Waals surface area (Å²) in [6.45, 7) is 5.79. The molecular formula is C21H39BrNO3P. The highest BCUT2D eigenvalue weighted by molar-refractivity contribution is 7.53. The van der Waals surface area contributed by atoms with E-state index in [0.29, 0.717) is 19.4 Å². The smallest absolute Gasteiger partial charge is 0.330 e. The third-order valence-electron chi connectivity index (χ3n) is 4.53. The van der Waals surface area contributed by atoms with Crippen LogP contribution in [0.2, 0.25) is 0 Å². The second-order valence-electron chi connectivity index (χ2n) is 6.82. The Balaban J connectivity index is 0.00000676. The van der Waals surface area contributed by atoms with Crippen molar-refractivity contribution >= 4 is 7.60 Å². The van der Waals surface area contributed by atoms with Crippen LogP contribution >= 0.6 is 7.60 Å². The summed E-state index contributed by atoms with van der Waals surface area (Å²) in [7, 11) is -2.82. The van der Waals surface area contributed by atoms with Gasteiger partial charge in [0.25, 0.3) is 0 Å². The molecule has 1 rings (SSSR count). The number of unbranched alkanes of at least 4 members (excludes halogenated alkanes) is 9. The summed E-state index contributed by atoms with van der Waals surface area (Å²) in [5.74, 6) is 0. The lowest BCUT2D eigenvalue weighted by atomic mass is 10.1. The summed E-state index contributed by atoms with van der Waals surface area (Å²) < 4.78 is 25.2. The lowest BCUT2D eigenvalue weighted by Crippen LogP contribution is -3.00. The Morgan fingerprint density at radius 3 is 1.63 bits per heavy atom. The predicted molar refractivity (Wildman–Crippen MR) is 109 cm³/mol. The molecule has 0 saturated carbocycles. The highest BCUT2D eigenvalue weighted by Crippen LogP contribution is 2.48. The number of rotatable bonds is 17. The van der Waals surface area contributed by atoms with Gasteiger partial charge in [0.15, 0.2) is 12.4 Å². The molecule has 1 aromatic rings. The van der Waals surface area contributed by atoms with Crippen molar-refractivity contribution in [1.82, 2.24) is 0 Å². The second kappa shape index (κ2) is 17.8. The van der Waals surface area contributed by atoms with Crippen molar-refractivity contribution < 1.29 is 35.2 Å². The van der Waals surface area contributed by atoms with E-state index in [2.05, 4.69) is 35.2 Å². The van der Waals surface area contributed by atoms with Crippen molar-refractivity contribution in [2.45, 2.75) is 84.6 Å². The Labute approximate surface area is 177 Å². The number of hydrogen-bond acceptors (Lipinski definition) is 3. The minimum absolute atomic E-state index is 0. The predicted octanol–water partition coefficient (Wildman–Crippen LogP) is 3.15. The van der Waals surface area contributed by atoms with Gasteiger partial charge < -0.3 is 26.0 Å². The van der Waals surface area contributed by atoms with Crippen LogP contribution in [0.1, 0.15) is 78.1 Å². The molecule has 0 atom stereocenters. The Kier molecular flexibility index (Phi) is 17.7. The van der Waals surface area contributed by atoms with E-state index >= 15 is 0 Å². The Morgan fingerprint density at radius 2 is 1.15 bits per heavy atom. The van der Waals surface area contributed by atoms with Crippen LogP contribution in [0.4, 0.5) is 0 Å². The maximum absolute atomic E-state index is 12.3. The topological polar surface area (TPSA) is 39.4 Å². The van der Waals surface area contributed by atoms with Crippen molar-refractivity contribution in [3.05, 3.63) is 30.6 Å². The van der Waals surface area contributed by atoms with E-state index < -0.39 is 7.60 Å². The molecule has 1 aromatic heterocycles. The van der Waals surface area contributed by atoms with E-state index in [1.807, 2.05) is 13.8 Å². The van der Waals surface area contributed by atoms with Gasteiger partial charge in [0, 0.05) is 18.6 Å². The summed E-state index contributed by atoms with van der Waals surface area (Å²) >= 11 is 0. The van der Waals surface area contributed by atoms with Crippen LogP contribution in [-0.2, 0) is 20.2 Å². The molecular weight excluding hydrogens is 425 g/mol. The average Bonchev–Trinajstić information content (AvgIpc) is 2.64. The second-order valence-corrected chi connectivity index (χ2v) is 9.00. The van der Waals surface area contributed by atoms with Gasteiger partial charge in [-0.05, 0) is 26.7 Å². The molecule has 0 amide bonds. The quantitative estimate of drug-likeness (QED) is 0.202. The fraction of sp³-hybridized carbons (Fsp3) is 0.762. The number of aromatic nitrogens is 1. The highest BCUT2D eigenvalue weighted by Gasteiger charge is 2.22. The van der Waals surface area contributed by atoms with Crippen molar-refractivity contribution in [2.75, 3.05) is 19.4 Å². The van der Waals surface area contributed by atoms with Crippen molar-refractivity contribution in [3.8, 4) is 0 Å². The molecule has 4 nitrogen and oxygen atoms in total. The average molecular weight is 464 g/mol. The molecule has 0 unspecified atom stereocenters. The van der Waals surface area contributed by atoms with Crippen LogP contribution in [0.15, 0.2) is 30.6 Å². The highest BCUT2D eigenvalue weighted by atomic mass is 79.9. The molecule has 6 heteroatoms. The normalized spacial score (nSPS) is 11.3. The maximum atomic E-state index is 12.3. The van der Waals surface area contributed by atoms with E-state index in [9.17, 15) is 4.57 Å². The van der Waals surface area contributed by atoms with Gasteiger partial charge in [-0.25, -0.2) is 4.57 Å². The number of aryl methyl sites for hydroxylation is 1. The van der Waals surface area contributed by atoms with Gasteiger partial charge in [0.05, 0.1) is 19.4 Å². The molecule has 0 aromatic carbocycles. The van der Waals surface area contributed by atoms with Crippen molar-refractivity contribution in [2.24, 2.45) is 0 Å². The van der Waals surface area contributed by atoms with Crippen LogP contribution in [0.3, 0.4) is 0 Å². The summed E-state index contributed by atoms with van der Waals surface area (Å²) in [6.07, 6.45) is 17.4. The van der Waals surface area contributed by atoms with Crippen molar-refractivity contribution in [3.63, 3.8) is 0 Å². The van der Waals surface area contributed by atoms with Crippen LogP contribution in [-0.4, -0.2) is 19.4 Å². The van der Waals surface area contributed by atoms with E-state index in [0.717, 1.165) is 19.4 Å². The molecule has 0 spiro atoms. The van der Waals surface area contributed by atoms with Crippen LogP contribution in [0.5, 0.6) is 0 Å². The Bertz CT molecular complexity index is 478. The Morgan fingerprint density at radius 1 is 0.704 bits per heavy atom. The molecule has 0 radical (unpaired) electrons. The molecule has 158 valence electrons. The summed E-state index contributed by atoms with van der Waals surface area (Å²) in [5.41, 5.74) is 0. The van der Waals surface area contributed by atoms with E-state index in [4.69, 9.17) is 9.05 Å². The van der Waals surface area contributed by atoms with Gasteiger partial charge >= 0.3 is 7.60 Å². The standard InChI is InChI=1S/C21H39NO3P.BrH/c1-3-24-26(23,25-4-2)21-17-12-10-8-6-5-7-9-11-14-18-22-19-15-13-16-20-22;/h13,15-16,19-20H,3-12,14,17-18,21H2,1-2H3;1H/q+1;/p-1. The number of hydrogen-bond donors (Lipinski definition) is 0. The van der Waals surface area contributed by atoms with Crippen LogP contribution in [0, 0.1) is 0 Å². The lowest BCUT2D eigenvalue weighted by molar-refractivity contribution is -0.697. The third kappa shape index (κ3) is 14.4. The first-order valence-electron chi connectivity index (χ1n) is 10.5. The van der Waals surface area contributed by atoms with Gasteiger partial charge in [-0.3, -0.25) is 4.57 Å². The minimum Gasteiger partial charge on any atom is -1.00 e. The lowest BCUT2D eigenvalue weighted by Gasteiger charge is -2.16. The molecule has 0 N–H and O–H groups in total. The minimum atomic E-state index is -2.82. The molecule has 0 aliphatic carbocycles. The molecule has 0 bridgehead atoms. The molecule has 0 aliphatic rings. The molecule has 27 heavy (non-hydrogen) atoms. The molecule has 0 saturated heterocycles. The summed E-state index contributed by atoms with van der Waals surface area (Å²) in [4.78, 5) is 0. The zero-order chi connectivity index (χ0) is 18.9.